The quantitative estimate of drug-likeness (QED) is 0.418. The minimum absolute atomic E-state index is 0.0252. The van der Waals surface area contributed by atoms with Crippen LogP contribution in [0.5, 0.6) is 0 Å². The molecule has 1 aliphatic heterocycles. The molecule has 1 saturated heterocycles. The zero-order valence-corrected chi connectivity index (χ0v) is 20.1. The Balaban J connectivity index is 1.71. The number of nitrogens with zero attached hydrogens (tertiary/aromatic N) is 6. The fourth-order valence-corrected chi connectivity index (χ4v) is 3.44. The summed E-state index contributed by atoms with van der Waals surface area (Å²) in [6, 6.07) is 0. The van der Waals surface area contributed by atoms with Gasteiger partial charge in [-0.1, -0.05) is 0 Å². The van der Waals surface area contributed by atoms with Crippen molar-refractivity contribution in [3.63, 3.8) is 0 Å². The monoisotopic (exact) mass is 499 g/mol. The third-order valence-electron chi connectivity index (χ3n) is 5.41. The molecule has 0 bridgehead atoms. The lowest BCUT2D eigenvalue weighted by Crippen LogP contribution is -2.39. The second kappa shape index (κ2) is 11.6. The van der Waals surface area contributed by atoms with Crippen LogP contribution in [0.4, 0.5) is 30.6 Å². The SMILES string of the molecule is Cc1nn(CCN(C)C)cc1Nc1ncc(C(F)(F)F)c(NC(N)CCN2CCOCCC2=O)n1. The average Bonchev–Trinajstić information content (AvgIpc) is 2.98. The first-order chi connectivity index (χ1) is 16.5. The van der Waals surface area contributed by atoms with Gasteiger partial charge in [-0.25, -0.2) is 4.98 Å². The van der Waals surface area contributed by atoms with Crippen molar-refractivity contribution < 1.29 is 22.7 Å². The highest BCUT2D eigenvalue weighted by Crippen LogP contribution is 2.34. The molecule has 14 heteroatoms. The summed E-state index contributed by atoms with van der Waals surface area (Å²) in [5.74, 6) is -0.533. The molecule has 2 aromatic rings. The van der Waals surface area contributed by atoms with E-state index in [0.29, 0.717) is 50.4 Å². The number of ether oxygens (including phenoxy) is 1. The predicted molar refractivity (Wildman–Crippen MR) is 124 cm³/mol. The smallest absolute Gasteiger partial charge is 0.379 e. The molecule has 0 radical (unpaired) electrons. The predicted octanol–water partition coefficient (Wildman–Crippen LogP) is 1.64. The Bertz CT molecular complexity index is 997. The second-order valence-electron chi connectivity index (χ2n) is 8.56. The molecule has 1 atom stereocenters. The molecule has 0 aliphatic carbocycles. The molecule has 3 rings (SSSR count). The van der Waals surface area contributed by atoms with E-state index in [2.05, 4.69) is 25.7 Å². The van der Waals surface area contributed by atoms with Gasteiger partial charge in [0.15, 0.2) is 0 Å². The lowest BCUT2D eigenvalue weighted by atomic mass is 10.2. The molecule has 2 aromatic heterocycles. The van der Waals surface area contributed by atoms with Crippen LogP contribution in [0.25, 0.3) is 0 Å². The number of hydrogen-bond donors (Lipinski definition) is 3. The lowest BCUT2D eigenvalue weighted by molar-refractivity contribution is -0.137. The number of hydrogen-bond acceptors (Lipinski definition) is 9. The van der Waals surface area contributed by atoms with E-state index in [-0.39, 0.29) is 24.7 Å². The summed E-state index contributed by atoms with van der Waals surface area (Å²) < 4.78 is 47.8. The first-order valence-corrected chi connectivity index (χ1v) is 11.3. The number of carbonyl (C=O) groups excluding carboxylic acids is 1. The van der Waals surface area contributed by atoms with Crippen molar-refractivity contribution in [3.05, 3.63) is 23.7 Å². The van der Waals surface area contributed by atoms with Gasteiger partial charge in [0.1, 0.15) is 11.4 Å². The molecule has 1 amide bonds. The fourth-order valence-electron chi connectivity index (χ4n) is 3.44. The number of nitrogens with one attached hydrogen (secondary N) is 2. The molecule has 0 aromatic carbocycles. The highest BCUT2D eigenvalue weighted by molar-refractivity contribution is 5.76. The lowest BCUT2D eigenvalue weighted by Gasteiger charge is -2.23. The van der Waals surface area contributed by atoms with Gasteiger partial charge in [0.25, 0.3) is 0 Å². The Morgan fingerprint density at radius 1 is 1.29 bits per heavy atom. The van der Waals surface area contributed by atoms with Gasteiger partial charge < -0.3 is 30.9 Å². The van der Waals surface area contributed by atoms with Crippen LogP contribution in [0.2, 0.25) is 0 Å². The number of halogens is 3. The molecule has 0 spiro atoms. The molecule has 1 aliphatic rings. The van der Waals surface area contributed by atoms with E-state index in [1.165, 1.54) is 0 Å². The Hall–Kier alpha value is -2.97. The van der Waals surface area contributed by atoms with Crippen LogP contribution in [-0.4, -0.2) is 88.6 Å². The Labute approximate surface area is 201 Å². The fraction of sp³-hybridized carbons (Fsp3) is 0.619. The molecule has 11 nitrogen and oxygen atoms in total. The van der Waals surface area contributed by atoms with Crippen molar-refractivity contribution in [2.75, 3.05) is 57.6 Å². The first-order valence-electron chi connectivity index (χ1n) is 11.3. The van der Waals surface area contributed by atoms with Gasteiger partial charge in [-0.15, -0.1) is 0 Å². The first kappa shape index (κ1) is 26.6. The number of rotatable bonds is 10. The van der Waals surface area contributed by atoms with Gasteiger partial charge in [0.05, 0.1) is 43.7 Å². The summed E-state index contributed by atoms with van der Waals surface area (Å²) in [6.07, 6.45) is -2.58. The van der Waals surface area contributed by atoms with Gasteiger partial charge in [-0.05, 0) is 27.4 Å². The standard InChI is InChI=1S/C21H32F3N9O2/c1-14-16(13-33(30-14)8-7-31(2)3)27-20-26-12-15(21(22,23)24)19(29-20)28-17(25)4-6-32-9-11-35-10-5-18(32)34/h12-13,17H,4-11,25H2,1-3H3,(H2,26,27,28,29). The summed E-state index contributed by atoms with van der Waals surface area (Å²) in [4.78, 5) is 23.6. The maximum Gasteiger partial charge on any atom is 0.421 e. The Morgan fingerprint density at radius 3 is 2.77 bits per heavy atom. The number of nitrogens with two attached hydrogens (primary N) is 1. The minimum Gasteiger partial charge on any atom is -0.379 e. The third kappa shape index (κ3) is 7.77. The highest BCUT2D eigenvalue weighted by Gasteiger charge is 2.35. The molecular formula is C21H32F3N9O2. The summed E-state index contributed by atoms with van der Waals surface area (Å²) in [6.45, 7) is 4.69. The van der Waals surface area contributed by atoms with Gasteiger partial charge in [-0.2, -0.15) is 23.3 Å². The van der Waals surface area contributed by atoms with Crippen LogP contribution in [-0.2, 0) is 22.3 Å². The second-order valence-corrected chi connectivity index (χ2v) is 8.56. The van der Waals surface area contributed by atoms with E-state index in [9.17, 15) is 18.0 Å². The largest absolute Gasteiger partial charge is 0.421 e. The van der Waals surface area contributed by atoms with E-state index in [1.807, 2.05) is 19.0 Å². The summed E-state index contributed by atoms with van der Waals surface area (Å²) in [7, 11) is 3.90. The Kier molecular flexibility index (Phi) is 8.86. The number of anilines is 3. The summed E-state index contributed by atoms with van der Waals surface area (Å²) in [5.41, 5.74) is 6.27. The van der Waals surface area contributed by atoms with Crippen LogP contribution in [0.15, 0.2) is 12.4 Å². The van der Waals surface area contributed by atoms with Crippen LogP contribution in [0.3, 0.4) is 0 Å². The maximum absolute atomic E-state index is 13.6. The van der Waals surface area contributed by atoms with Gasteiger partial charge >= 0.3 is 6.18 Å². The number of aromatic nitrogens is 4. The Morgan fingerprint density at radius 2 is 2.06 bits per heavy atom. The van der Waals surface area contributed by atoms with Crippen molar-refractivity contribution in [1.29, 1.82) is 0 Å². The van der Waals surface area contributed by atoms with E-state index in [0.717, 1.165) is 6.54 Å². The molecule has 1 unspecified atom stereocenters. The molecule has 1 fully saturated rings. The molecular weight excluding hydrogens is 467 g/mol. The molecule has 194 valence electrons. The van der Waals surface area contributed by atoms with E-state index in [1.54, 1.807) is 22.7 Å². The number of aryl methyl sites for hydroxylation is 1. The molecule has 35 heavy (non-hydrogen) atoms. The zero-order valence-electron chi connectivity index (χ0n) is 20.1. The number of amides is 1. The van der Waals surface area contributed by atoms with Crippen LogP contribution >= 0.6 is 0 Å². The van der Waals surface area contributed by atoms with Gasteiger partial charge in [-0.3, -0.25) is 9.48 Å². The van der Waals surface area contributed by atoms with Crippen LogP contribution < -0.4 is 16.4 Å². The van der Waals surface area contributed by atoms with Gasteiger partial charge in [0, 0.05) is 32.0 Å². The molecule has 3 heterocycles. The molecule has 4 N–H and O–H groups in total. The normalized spacial score (nSPS) is 15.9. The summed E-state index contributed by atoms with van der Waals surface area (Å²) >= 11 is 0. The number of alkyl halides is 3. The minimum atomic E-state index is -4.67. The highest BCUT2D eigenvalue weighted by atomic mass is 19.4. The number of likely N-dealkylation sites (N-methyl/N-ethyl adjacent to an activating group) is 1. The van der Waals surface area contributed by atoms with E-state index in [4.69, 9.17) is 10.5 Å². The van der Waals surface area contributed by atoms with Gasteiger partial charge in [0.2, 0.25) is 11.9 Å². The van der Waals surface area contributed by atoms with Crippen molar-refractivity contribution in [3.8, 4) is 0 Å². The summed E-state index contributed by atoms with van der Waals surface area (Å²) in [5, 5.41) is 9.97. The number of carbonyl (C=O) groups is 1. The van der Waals surface area contributed by atoms with Crippen LogP contribution in [0.1, 0.15) is 24.1 Å². The zero-order chi connectivity index (χ0) is 25.6. The maximum atomic E-state index is 13.6. The van der Waals surface area contributed by atoms with Crippen molar-refractivity contribution in [2.45, 2.75) is 38.7 Å². The van der Waals surface area contributed by atoms with Crippen LogP contribution in [0, 0.1) is 6.92 Å². The van der Waals surface area contributed by atoms with Crippen molar-refractivity contribution in [2.24, 2.45) is 5.73 Å². The van der Waals surface area contributed by atoms with Crippen molar-refractivity contribution in [1.82, 2.24) is 29.5 Å². The molecule has 0 saturated carbocycles. The third-order valence-corrected chi connectivity index (χ3v) is 5.41. The average molecular weight is 500 g/mol. The van der Waals surface area contributed by atoms with E-state index >= 15 is 0 Å². The van der Waals surface area contributed by atoms with Crippen molar-refractivity contribution >= 4 is 23.4 Å². The van der Waals surface area contributed by atoms with E-state index < -0.39 is 23.7 Å². The topological polar surface area (TPSA) is 126 Å².